The number of urea groups is 1. The fourth-order valence-corrected chi connectivity index (χ4v) is 2.94. The van der Waals surface area contributed by atoms with Crippen LogP contribution in [0.5, 0.6) is 0 Å². The molecule has 0 spiro atoms. The second-order valence-corrected chi connectivity index (χ2v) is 6.89. The van der Waals surface area contributed by atoms with E-state index in [0.29, 0.717) is 24.5 Å². The highest BCUT2D eigenvalue weighted by molar-refractivity contribution is 5.92. The molecule has 0 fully saturated rings. The smallest absolute Gasteiger partial charge is 0.319 e. The molecule has 3 amide bonds. The Morgan fingerprint density at radius 2 is 1.93 bits per heavy atom. The van der Waals surface area contributed by atoms with Gasteiger partial charge in [0.15, 0.2) is 5.76 Å². The molecule has 7 nitrogen and oxygen atoms in total. The third-order valence-corrected chi connectivity index (χ3v) is 4.61. The predicted octanol–water partition coefficient (Wildman–Crippen LogP) is 3.93. The van der Waals surface area contributed by atoms with Crippen molar-refractivity contribution < 1.29 is 14.0 Å². The number of anilines is 2. The Morgan fingerprint density at radius 1 is 1.18 bits per heavy atom. The van der Waals surface area contributed by atoms with E-state index >= 15 is 0 Å². The number of furan rings is 1. The zero-order chi connectivity index (χ0) is 20.7. The summed E-state index contributed by atoms with van der Waals surface area (Å²) in [7, 11) is 3.91. The summed E-state index contributed by atoms with van der Waals surface area (Å²) in [6.07, 6.45) is 2.32. The summed E-state index contributed by atoms with van der Waals surface area (Å²) in [4.78, 5) is 28.7. The zero-order valence-corrected chi connectivity index (χ0v) is 17.3. The van der Waals surface area contributed by atoms with Crippen LogP contribution in [0.3, 0.4) is 0 Å². The highest BCUT2D eigenvalue weighted by Crippen LogP contribution is 2.26. The second-order valence-electron chi connectivity index (χ2n) is 6.89. The maximum Gasteiger partial charge on any atom is 0.319 e. The van der Waals surface area contributed by atoms with Crippen molar-refractivity contribution in [3.8, 4) is 0 Å². The van der Waals surface area contributed by atoms with Crippen molar-refractivity contribution in [2.45, 2.75) is 39.8 Å². The molecule has 1 aromatic carbocycles. The van der Waals surface area contributed by atoms with Gasteiger partial charge in [-0.15, -0.1) is 0 Å². The number of amides is 3. The summed E-state index contributed by atoms with van der Waals surface area (Å²) in [5.74, 6) is 0.175. The standard InChI is InChI=1S/C21H30N4O3/c1-6-15(3)25(20(26)19-9-8-12-28-19)14-16-13-17(23-21(27)22-7-2)10-11-18(16)24(4)5/h8-13,15H,6-7,14H2,1-5H3,(H2,22,23,27)/t15-/m0/s1. The number of carbonyl (C=O) groups is 2. The van der Waals surface area contributed by atoms with Crippen LogP contribution in [0.15, 0.2) is 41.0 Å². The summed E-state index contributed by atoms with van der Waals surface area (Å²) in [5, 5.41) is 5.55. The molecule has 2 aromatic rings. The lowest BCUT2D eigenvalue weighted by Gasteiger charge is -2.30. The van der Waals surface area contributed by atoms with Gasteiger partial charge in [-0.3, -0.25) is 4.79 Å². The fraction of sp³-hybridized carbons (Fsp3) is 0.429. The van der Waals surface area contributed by atoms with Gasteiger partial charge in [0.1, 0.15) is 0 Å². The second kappa shape index (κ2) is 9.82. The molecule has 152 valence electrons. The molecule has 1 aromatic heterocycles. The van der Waals surface area contributed by atoms with Gasteiger partial charge in [0, 0.05) is 44.6 Å². The first-order chi connectivity index (χ1) is 13.4. The van der Waals surface area contributed by atoms with Crippen molar-refractivity contribution >= 4 is 23.3 Å². The van der Waals surface area contributed by atoms with Crippen LogP contribution in [0.2, 0.25) is 0 Å². The molecule has 0 aliphatic carbocycles. The minimum atomic E-state index is -0.253. The van der Waals surface area contributed by atoms with E-state index in [9.17, 15) is 9.59 Å². The van der Waals surface area contributed by atoms with E-state index in [1.165, 1.54) is 6.26 Å². The summed E-state index contributed by atoms with van der Waals surface area (Å²) in [6, 6.07) is 8.89. The van der Waals surface area contributed by atoms with Gasteiger partial charge in [0.25, 0.3) is 5.91 Å². The van der Waals surface area contributed by atoms with Crippen molar-refractivity contribution in [1.82, 2.24) is 10.2 Å². The molecule has 0 aliphatic rings. The van der Waals surface area contributed by atoms with Crippen molar-refractivity contribution in [2.24, 2.45) is 0 Å². The Bertz CT molecular complexity index is 787. The van der Waals surface area contributed by atoms with Gasteiger partial charge < -0.3 is 24.9 Å². The Kier molecular flexibility index (Phi) is 7.49. The van der Waals surface area contributed by atoms with Crippen LogP contribution in [-0.4, -0.2) is 43.5 Å². The van der Waals surface area contributed by atoms with E-state index in [4.69, 9.17) is 4.42 Å². The van der Waals surface area contributed by atoms with Crippen LogP contribution in [0.1, 0.15) is 43.3 Å². The summed E-state index contributed by atoms with van der Waals surface area (Å²) in [6.45, 7) is 6.89. The van der Waals surface area contributed by atoms with Crippen molar-refractivity contribution in [2.75, 3.05) is 30.9 Å². The minimum Gasteiger partial charge on any atom is -0.459 e. The lowest BCUT2D eigenvalue weighted by Crippen LogP contribution is -2.38. The third kappa shape index (κ3) is 5.28. The number of carbonyl (C=O) groups excluding carboxylic acids is 2. The molecule has 0 saturated heterocycles. The first kappa shape index (κ1) is 21.3. The molecule has 2 rings (SSSR count). The van der Waals surface area contributed by atoms with E-state index in [0.717, 1.165) is 17.7 Å². The molecule has 0 radical (unpaired) electrons. The highest BCUT2D eigenvalue weighted by atomic mass is 16.3. The number of benzene rings is 1. The molecule has 0 unspecified atom stereocenters. The molecular weight excluding hydrogens is 356 g/mol. The van der Waals surface area contributed by atoms with E-state index < -0.39 is 0 Å². The monoisotopic (exact) mass is 386 g/mol. The van der Waals surface area contributed by atoms with Gasteiger partial charge in [0.2, 0.25) is 0 Å². The van der Waals surface area contributed by atoms with Gasteiger partial charge in [0.05, 0.1) is 6.26 Å². The number of nitrogens with one attached hydrogen (secondary N) is 2. The molecule has 7 heteroatoms. The van der Waals surface area contributed by atoms with E-state index in [1.807, 2.05) is 58.0 Å². The normalized spacial score (nSPS) is 11.6. The lowest BCUT2D eigenvalue weighted by molar-refractivity contribution is 0.0639. The Morgan fingerprint density at radius 3 is 2.50 bits per heavy atom. The molecule has 0 aliphatic heterocycles. The van der Waals surface area contributed by atoms with E-state index in [1.54, 1.807) is 17.0 Å². The van der Waals surface area contributed by atoms with Crippen molar-refractivity contribution in [1.29, 1.82) is 0 Å². The zero-order valence-electron chi connectivity index (χ0n) is 17.3. The van der Waals surface area contributed by atoms with Crippen LogP contribution in [0, 0.1) is 0 Å². The Hall–Kier alpha value is -2.96. The third-order valence-electron chi connectivity index (χ3n) is 4.61. The van der Waals surface area contributed by atoms with Crippen LogP contribution in [-0.2, 0) is 6.54 Å². The molecule has 2 N–H and O–H groups in total. The number of nitrogens with zero attached hydrogens (tertiary/aromatic N) is 2. The molecule has 0 saturated carbocycles. The minimum absolute atomic E-state index is 0.0348. The number of hydrogen-bond donors (Lipinski definition) is 2. The topological polar surface area (TPSA) is 77.8 Å². The van der Waals surface area contributed by atoms with Gasteiger partial charge >= 0.3 is 6.03 Å². The van der Waals surface area contributed by atoms with Gasteiger partial charge in [-0.25, -0.2) is 4.79 Å². The number of rotatable bonds is 8. The summed E-state index contributed by atoms with van der Waals surface area (Å²) < 4.78 is 5.32. The summed E-state index contributed by atoms with van der Waals surface area (Å²) in [5.41, 5.74) is 2.61. The fourth-order valence-electron chi connectivity index (χ4n) is 2.94. The van der Waals surface area contributed by atoms with Crippen LogP contribution in [0.25, 0.3) is 0 Å². The largest absolute Gasteiger partial charge is 0.459 e. The molecule has 0 bridgehead atoms. The van der Waals surface area contributed by atoms with Gasteiger partial charge in [-0.05, 0) is 56.2 Å². The van der Waals surface area contributed by atoms with Crippen LogP contribution >= 0.6 is 0 Å². The average molecular weight is 386 g/mol. The summed E-state index contributed by atoms with van der Waals surface area (Å²) >= 11 is 0. The molecule has 1 atom stereocenters. The maximum atomic E-state index is 13.0. The Balaban J connectivity index is 2.35. The van der Waals surface area contributed by atoms with Gasteiger partial charge in [-0.1, -0.05) is 6.92 Å². The van der Waals surface area contributed by atoms with E-state index in [2.05, 4.69) is 10.6 Å². The lowest BCUT2D eigenvalue weighted by atomic mass is 10.1. The quantitative estimate of drug-likeness (QED) is 0.721. The average Bonchev–Trinajstić information content (AvgIpc) is 3.19. The predicted molar refractivity (Wildman–Crippen MR) is 112 cm³/mol. The van der Waals surface area contributed by atoms with Gasteiger partial charge in [-0.2, -0.15) is 0 Å². The maximum absolute atomic E-state index is 13.0. The SMILES string of the molecule is CCNC(=O)Nc1ccc(N(C)C)c(CN(C(=O)c2ccco2)[C@@H](C)CC)c1. The van der Waals surface area contributed by atoms with E-state index in [-0.39, 0.29) is 18.0 Å². The molecule has 28 heavy (non-hydrogen) atoms. The first-order valence-electron chi connectivity index (χ1n) is 9.56. The highest BCUT2D eigenvalue weighted by Gasteiger charge is 2.24. The molecule has 1 heterocycles. The van der Waals surface area contributed by atoms with Crippen molar-refractivity contribution in [3.05, 3.63) is 47.9 Å². The Labute approximate surface area is 166 Å². The van der Waals surface area contributed by atoms with Crippen LogP contribution < -0.4 is 15.5 Å². The number of hydrogen-bond acceptors (Lipinski definition) is 4. The molecular formula is C21H30N4O3. The van der Waals surface area contributed by atoms with Crippen molar-refractivity contribution in [3.63, 3.8) is 0 Å². The van der Waals surface area contributed by atoms with Crippen LogP contribution in [0.4, 0.5) is 16.2 Å². The first-order valence-corrected chi connectivity index (χ1v) is 9.56.